The van der Waals surface area contributed by atoms with Crippen LogP contribution < -0.4 is 5.32 Å². The monoisotopic (exact) mass is 248 g/mol. The van der Waals surface area contributed by atoms with E-state index in [1.165, 1.54) is 6.07 Å². The molecule has 1 saturated heterocycles. The van der Waals surface area contributed by atoms with Gasteiger partial charge in [-0.1, -0.05) is 6.07 Å². The molecule has 0 aromatic carbocycles. The number of halogens is 3. The van der Waals surface area contributed by atoms with Gasteiger partial charge < -0.3 is 5.32 Å². The predicted octanol–water partition coefficient (Wildman–Crippen LogP) is 3.02. The van der Waals surface area contributed by atoms with Crippen molar-refractivity contribution in [1.29, 1.82) is 0 Å². The minimum atomic E-state index is -4.37. The molecule has 1 aromatic rings. The van der Waals surface area contributed by atoms with Crippen LogP contribution in [-0.4, -0.2) is 22.5 Å². The maximum atomic E-state index is 12.4. The fraction of sp³-hybridized carbons (Fsp3) is 0.500. The molecule has 2 nitrogen and oxygen atoms in total. The highest BCUT2D eigenvalue weighted by Gasteiger charge is 2.32. The topological polar surface area (TPSA) is 24.9 Å². The van der Waals surface area contributed by atoms with E-state index in [9.17, 15) is 13.2 Å². The molecule has 2 rings (SSSR count). The molecule has 1 fully saturated rings. The third-order valence-corrected chi connectivity index (χ3v) is 3.48. The number of hydrogen-bond donors (Lipinski definition) is 1. The van der Waals surface area contributed by atoms with Gasteiger partial charge in [0.1, 0.15) is 11.5 Å². The number of aromatic nitrogens is 1. The molecule has 2 heterocycles. The Morgan fingerprint density at radius 1 is 1.38 bits per heavy atom. The van der Waals surface area contributed by atoms with Gasteiger partial charge in [-0.15, -0.1) is 0 Å². The highest BCUT2D eigenvalue weighted by molar-refractivity contribution is 7.99. The summed E-state index contributed by atoms with van der Waals surface area (Å²) in [6.07, 6.45) is -3.40. The lowest BCUT2D eigenvalue weighted by molar-refractivity contribution is -0.141. The summed E-state index contributed by atoms with van der Waals surface area (Å²) in [5.41, 5.74) is -0.844. The molecule has 0 spiro atoms. The molecule has 0 bridgehead atoms. The Morgan fingerprint density at radius 3 is 2.81 bits per heavy atom. The van der Waals surface area contributed by atoms with Gasteiger partial charge in [0.15, 0.2) is 0 Å². The highest BCUT2D eigenvalue weighted by Crippen LogP contribution is 2.28. The highest BCUT2D eigenvalue weighted by atomic mass is 32.2. The number of hydrogen-bond acceptors (Lipinski definition) is 3. The van der Waals surface area contributed by atoms with Gasteiger partial charge in [-0.05, 0) is 24.3 Å². The summed E-state index contributed by atoms with van der Waals surface area (Å²) in [7, 11) is 0. The van der Waals surface area contributed by atoms with E-state index in [-0.39, 0.29) is 6.04 Å². The van der Waals surface area contributed by atoms with Crippen LogP contribution in [0.25, 0.3) is 0 Å². The van der Waals surface area contributed by atoms with Gasteiger partial charge in [0.2, 0.25) is 0 Å². The van der Waals surface area contributed by atoms with E-state index in [0.29, 0.717) is 5.82 Å². The molecule has 1 atom stereocenters. The number of thioether (sulfide) groups is 1. The van der Waals surface area contributed by atoms with Gasteiger partial charge in [0.05, 0.1) is 0 Å². The number of alkyl halides is 3. The van der Waals surface area contributed by atoms with Crippen molar-refractivity contribution >= 4 is 17.6 Å². The van der Waals surface area contributed by atoms with E-state index in [1.807, 2.05) is 0 Å². The Balaban J connectivity index is 2.09. The maximum absolute atomic E-state index is 12.4. The second-order valence-corrected chi connectivity index (χ2v) is 4.76. The van der Waals surface area contributed by atoms with Crippen LogP contribution in [0.4, 0.5) is 19.0 Å². The Labute approximate surface area is 95.6 Å². The van der Waals surface area contributed by atoms with Crippen LogP contribution in [0.3, 0.4) is 0 Å². The van der Waals surface area contributed by atoms with Crippen molar-refractivity contribution in [3.63, 3.8) is 0 Å². The number of nitrogens with one attached hydrogen (secondary N) is 1. The third-order valence-electron chi connectivity index (χ3n) is 2.32. The summed E-state index contributed by atoms with van der Waals surface area (Å²) in [6.45, 7) is 0. The van der Waals surface area contributed by atoms with Crippen molar-refractivity contribution in [3.05, 3.63) is 23.9 Å². The van der Waals surface area contributed by atoms with Crippen molar-refractivity contribution in [1.82, 2.24) is 4.98 Å². The molecule has 0 radical (unpaired) electrons. The Morgan fingerprint density at radius 2 is 2.19 bits per heavy atom. The normalized spacial score (nSPS) is 21.1. The summed E-state index contributed by atoms with van der Waals surface area (Å²) in [5.74, 6) is 2.29. The van der Waals surface area contributed by atoms with Gasteiger partial charge in [0, 0.05) is 11.8 Å². The zero-order valence-electron chi connectivity index (χ0n) is 8.42. The van der Waals surface area contributed by atoms with Gasteiger partial charge in [-0.2, -0.15) is 24.9 Å². The second-order valence-electron chi connectivity index (χ2n) is 3.61. The van der Waals surface area contributed by atoms with E-state index >= 15 is 0 Å². The van der Waals surface area contributed by atoms with Gasteiger partial charge in [-0.25, -0.2) is 4.98 Å². The quantitative estimate of drug-likeness (QED) is 0.870. The minimum absolute atomic E-state index is 0.237. The zero-order chi connectivity index (χ0) is 11.6. The lowest BCUT2D eigenvalue weighted by Crippen LogP contribution is -2.20. The van der Waals surface area contributed by atoms with Crippen LogP contribution in [0.2, 0.25) is 0 Å². The predicted molar refractivity (Wildman–Crippen MR) is 58.6 cm³/mol. The first kappa shape index (κ1) is 11.6. The van der Waals surface area contributed by atoms with Crippen molar-refractivity contribution in [2.45, 2.75) is 18.6 Å². The molecule has 6 heteroatoms. The van der Waals surface area contributed by atoms with Crippen molar-refractivity contribution in [2.75, 3.05) is 16.8 Å². The Bertz CT molecular complexity index is 361. The van der Waals surface area contributed by atoms with E-state index in [0.717, 1.165) is 24.0 Å². The molecule has 1 aliphatic rings. The van der Waals surface area contributed by atoms with E-state index in [1.54, 1.807) is 17.8 Å². The van der Waals surface area contributed by atoms with Crippen LogP contribution in [-0.2, 0) is 6.18 Å². The number of anilines is 1. The Kier molecular flexibility index (Phi) is 3.28. The van der Waals surface area contributed by atoms with Gasteiger partial charge in [-0.3, -0.25) is 0 Å². The summed E-state index contributed by atoms with van der Waals surface area (Å²) in [5, 5.41) is 3.02. The first-order chi connectivity index (χ1) is 7.55. The molecule has 1 aromatic heterocycles. The first-order valence-corrected chi connectivity index (χ1v) is 6.10. The minimum Gasteiger partial charge on any atom is -0.366 e. The fourth-order valence-corrected chi connectivity index (χ4v) is 2.68. The van der Waals surface area contributed by atoms with Crippen LogP contribution in [0.1, 0.15) is 12.1 Å². The van der Waals surface area contributed by atoms with Gasteiger partial charge in [0.25, 0.3) is 0 Å². The molecule has 0 aliphatic carbocycles. The third kappa shape index (κ3) is 2.81. The zero-order valence-corrected chi connectivity index (χ0v) is 9.24. The molecular weight excluding hydrogens is 237 g/mol. The summed E-state index contributed by atoms with van der Waals surface area (Å²) >= 11 is 1.80. The van der Waals surface area contributed by atoms with Crippen molar-refractivity contribution in [2.24, 2.45) is 0 Å². The SMILES string of the molecule is FC(F)(F)c1cccc(NC2CCSC2)n1. The molecule has 1 aliphatic heterocycles. The van der Waals surface area contributed by atoms with Gasteiger partial charge >= 0.3 is 6.18 Å². The molecular formula is C10H11F3N2S. The molecule has 0 saturated carbocycles. The van der Waals surface area contributed by atoms with E-state index < -0.39 is 11.9 Å². The fourth-order valence-electron chi connectivity index (χ4n) is 1.53. The average Bonchev–Trinajstić information content (AvgIpc) is 2.70. The molecule has 1 unspecified atom stereocenters. The summed E-state index contributed by atoms with van der Waals surface area (Å²) < 4.78 is 37.2. The second kappa shape index (κ2) is 4.53. The molecule has 0 amide bonds. The lowest BCUT2D eigenvalue weighted by Gasteiger charge is -2.13. The maximum Gasteiger partial charge on any atom is 0.433 e. The van der Waals surface area contributed by atoms with Crippen molar-refractivity contribution in [3.8, 4) is 0 Å². The first-order valence-electron chi connectivity index (χ1n) is 4.94. The number of nitrogens with zero attached hydrogens (tertiary/aromatic N) is 1. The van der Waals surface area contributed by atoms with Crippen LogP contribution in [0, 0.1) is 0 Å². The number of rotatable bonds is 2. The van der Waals surface area contributed by atoms with Crippen LogP contribution in [0.5, 0.6) is 0 Å². The van der Waals surface area contributed by atoms with E-state index in [4.69, 9.17) is 0 Å². The van der Waals surface area contributed by atoms with E-state index in [2.05, 4.69) is 10.3 Å². The van der Waals surface area contributed by atoms with Crippen LogP contribution >= 0.6 is 11.8 Å². The smallest absolute Gasteiger partial charge is 0.366 e. The molecule has 1 N–H and O–H groups in total. The average molecular weight is 248 g/mol. The Hall–Kier alpha value is -0.910. The number of pyridine rings is 1. The molecule has 88 valence electrons. The summed E-state index contributed by atoms with van der Waals surface area (Å²) in [4.78, 5) is 3.56. The van der Waals surface area contributed by atoms with Crippen LogP contribution in [0.15, 0.2) is 18.2 Å². The lowest BCUT2D eigenvalue weighted by atomic mass is 10.2. The standard InChI is InChI=1S/C10H11F3N2S/c11-10(12,13)8-2-1-3-9(15-8)14-7-4-5-16-6-7/h1-3,7H,4-6H2,(H,14,15). The van der Waals surface area contributed by atoms with Crippen molar-refractivity contribution < 1.29 is 13.2 Å². The largest absolute Gasteiger partial charge is 0.433 e. The summed E-state index contributed by atoms with van der Waals surface area (Å²) in [6, 6.07) is 4.16. The molecule has 16 heavy (non-hydrogen) atoms.